The van der Waals surface area contributed by atoms with Crippen LogP contribution in [-0.4, -0.2) is 46.0 Å². The van der Waals surface area contributed by atoms with Crippen molar-refractivity contribution in [3.05, 3.63) is 42.0 Å². The number of carbonyl (C=O) groups excluding carboxylic acids is 2. The van der Waals surface area contributed by atoms with Crippen LogP contribution in [0.5, 0.6) is 0 Å². The van der Waals surface area contributed by atoms with E-state index in [9.17, 15) is 9.59 Å². The van der Waals surface area contributed by atoms with Gasteiger partial charge in [0.05, 0.1) is 5.69 Å². The van der Waals surface area contributed by atoms with Crippen molar-refractivity contribution in [3.8, 4) is 0 Å². The van der Waals surface area contributed by atoms with Crippen LogP contribution in [0.2, 0.25) is 0 Å². The Labute approximate surface area is 141 Å². The first-order valence-corrected chi connectivity index (χ1v) is 7.96. The van der Waals surface area contributed by atoms with Gasteiger partial charge in [-0.05, 0) is 38.2 Å². The second kappa shape index (κ2) is 7.78. The van der Waals surface area contributed by atoms with E-state index >= 15 is 0 Å². The van der Waals surface area contributed by atoms with Crippen molar-refractivity contribution in [1.29, 1.82) is 0 Å². The summed E-state index contributed by atoms with van der Waals surface area (Å²) in [5.41, 5.74) is 0.987. The zero-order valence-corrected chi connectivity index (χ0v) is 14.0. The third-order valence-corrected chi connectivity index (χ3v) is 3.91. The van der Waals surface area contributed by atoms with E-state index in [0.717, 1.165) is 5.69 Å². The predicted octanol–water partition coefficient (Wildman–Crippen LogP) is 2.70. The molecule has 5 nitrogen and oxygen atoms in total. The Morgan fingerprint density at radius 3 is 2.13 bits per heavy atom. The van der Waals surface area contributed by atoms with E-state index in [1.54, 1.807) is 12.3 Å². The van der Waals surface area contributed by atoms with Crippen LogP contribution in [-0.2, 0) is 9.59 Å². The summed E-state index contributed by atoms with van der Waals surface area (Å²) in [6.45, 7) is 4.55. The molecule has 120 valence electrons. The van der Waals surface area contributed by atoms with Crippen molar-refractivity contribution >= 4 is 41.0 Å². The van der Waals surface area contributed by atoms with Crippen LogP contribution in [0.3, 0.4) is 0 Å². The lowest BCUT2D eigenvalue weighted by Crippen LogP contribution is -2.55. The predicted molar refractivity (Wildman–Crippen MR) is 94.7 cm³/mol. The normalized spacial score (nSPS) is 15.7. The number of thiocarbonyl (C=S) groups is 1. The molecular formula is C17H19N3O2S. The van der Waals surface area contributed by atoms with Gasteiger partial charge < -0.3 is 0 Å². The van der Waals surface area contributed by atoms with Gasteiger partial charge in [0.2, 0.25) is 0 Å². The second-order valence-electron chi connectivity index (χ2n) is 4.88. The fourth-order valence-electron chi connectivity index (χ4n) is 2.28. The number of carbonyl (C=O) groups is 2. The van der Waals surface area contributed by atoms with Crippen molar-refractivity contribution in [2.24, 2.45) is 4.99 Å². The molecule has 0 saturated carbocycles. The molecule has 1 aromatic carbocycles. The Balaban J connectivity index is 2.15. The third-order valence-electron chi connectivity index (χ3n) is 3.47. The molecule has 1 saturated heterocycles. The Morgan fingerprint density at radius 2 is 1.61 bits per heavy atom. The fraction of sp³-hybridized carbons (Fsp3) is 0.294. The molecule has 0 spiro atoms. The highest BCUT2D eigenvalue weighted by Crippen LogP contribution is 2.18. The van der Waals surface area contributed by atoms with Gasteiger partial charge in [0.1, 0.15) is 5.57 Å². The van der Waals surface area contributed by atoms with Gasteiger partial charge in [-0.15, -0.1) is 0 Å². The number of allylic oxidation sites excluding steroid dienone is 1. The molecule has 0 unspecified atom stereocenters. The lowest BCUT2D eigenvalue weighted by molar-refractivity contribution is -0.133. The minimum atomic E-state index is -0.333. The van der Waals surface area contributed by atoms with E-state index in [0.29, 0.717) is 19.5 Å². The Morgan fingerprint density at radius 1 is 1.04 bits per heavy atom. The number of hydrogen-bond acceptors (Lipinski definition) is 4. The third kappa shape index (κ3) is 3.71. The van der Waals surface area contributed by atoms with Gasteiger partial charge in [-0.25, -0.2) is 0 Å². The number of aliphatic imine (C=N–C) groups is 1. The van der Waals surface area contributed by atoms with Gasteiger partial charge in [0, 0.05) is 25.7 Å². The maximum absolute atomic E-state index is 12.4. The topological polar surface area (TPSA) is 53.0 Å². The molecule has 1 heterocycles. The van der Waals surface area contributed by atoms with Gasteiger partial charge in [0.25, 0.3) is 11.8 Å². The van der Waals surface area contributed by atoms with E-state index in [-0.39, 0.29) is 22.5 Å². The fourth-order valence-corrected chi connectivity index (χ4v) is 2.70. The number of amides is 2. The van der Waals surface area contributed by atoms with Crippen LogP contribution in [0, 0.1) is 0 Å². The Hall–Kier alpha value is -2.34. The zero-order valence-electron chi connectivity index (χ0n) is 13.2. The number of likely N-dealkylation sites (N-methyl/N-ethyl adjacent to an activating group) is 2. The number of benzene rings is 1. The Kier molecular flexibility index (Phi) is 5.76. The van der Waals surface area contributed by atoms with Crippen LogP contribution < -0.4 is 0 Å². The molecule has 0 aromatic heterocycles. The molecule has 2 rings (SSSR count). The van der Waals surface area contributed by atoms with E-state index < -0.39 is 0 Å². The molecule has 0 bridgehead atoms. The SMILES string of the molecule is CCN1C(=O)C(=CCC=Nc2ccccc2)C(=O)N(CC)C1=S. The minimum absolute atomic E-state index is 0.154. The molecule has 1 fully saturated rings. The monoisotopic (exact) mass is 329 g/mol. The maximum atomic E-state index is 12.4. The summed E-state index contributed by atoms with van der Waals surface area (Å²) in [6, 6.07) is 9.49. The highest BCUT2D eigenvalue weighted by atomic mass is 32.1. The molecule has 1 aromatic rings. The molecule has 23 heavy (non-hydrogen) atoms. The minimum Gasteiger partial charge on any atom is -0.285 e. The van der Waals surface area contributed by atoms with Gasteiger partial charge in [0.15, 0.2) is 5.11 Å². The molecule has 1 aliphatic rings. The zero-order chi connectivity index (χ0) is 16.8. The lowest BCUT2D eigenvalue weighted by Gasteiger charge is -2.35. The summed E-state index contributed by atoms with van der Waals surface area (Å²) < 4.78 is 0. The van der Waals surface area contributed by atoms with Crippen LogP contribution in [0.15, 0.2) is 47.0 Å². The van der Waals surface area contributed by atoms with Crippen molar-refractivity contribution in [1.82, 2.24) is 9.80 Å². The van der Waals surface area contributed by atoms with Crippen molar-refractivity contribution < 1.29 is 9.59 Å². The quantitative estimate of drug-likeness (QED) is 0.361. The summed E-state index contributed by atoms with van der Waals surface area (Å²) in [7, 11) is 0. The maximum Gasteiger partial charge on any atom is 0.265 e. The molecule has 1 aliphatic heterocycles. The van der Waals surface area contributed by atoms with E-state index in [1.807, 2.05) is 44.2 Å². The lowest BCUT2D eigenvalue weighted by atomic mass is 10.1. The summed E-state index contributed by atoms with van der Waals surface area (Å²) in [5, 5.41) is 0.278. The smallest absolute Gasteiger partial charge is 0.265 e. The average Bonchev–Trinajstić information content (AvgIpc) is 2.56. The number of para-hydroxylation sites is 1. The van der Waals surface area contributed by atoms with E-state index in [4.69, 9.17) is 12.2 Å². The number of rotatable bonds is 5. The molecular weight excluding hydrogens is 310 g/mol. The van der Waals surface area contributed by atoms with Gasteiger partial charge >= 0.3 is 0 Å². The van der Waals surface area contributed by atoms with Gasteiger partial charge in [-0.1, -0.05) is 24.3 Å². The van der Waals surface area contributed by atoms with Gasteiger partial charge in [-0.2, -0.15) is 0 Å². The van der Waals surface area contributed by atoms with Crippen LogP contribution >= 0.6 is 12.2 Å². The Bertz CT molecular complexity index is 640. The molecule has 0 N–H and O–H groups in total. The van der Waals surface area contributed by atoms with Crippen molar-refractivity contribution in [3.63, 3.8) is 0 Å². The highest BCUT2D eigenvalue weighted by Gasteiger charge is 2.37. The van der Waals surface area contributed by atoms with Crippen LogP contribution in [0.25, 0.3) is 0 Å². The van der Waals surface area contributed by atoms with Crippen LogP contribution in [0.1, 0.15) is 20.3 Å². The summed E-state index contributed by atoms with van der Waals surface area (Å²) in [4.78, 5) is 31.9. The van der Waals surface area contributed by atoms with Crippen LogP contribution in [0.4, 0.5) is 5.69 Å². The molecule has 0 aliphatic carbocycles. The van der Waals surface area contributed by atoms with Crippen molar-refractivity contribution in [2.45, 2.75) is 20.3 Å². The van der Waals surface area contributed by atoms with Crippen molar-refractivity contribution in [2.75, 3.05) is 13.1 Å². The highest BCUT2D eigenvalue weighted by molar-refractivity contribution is 7.80. The number of nitrogens with zero attached hydrogens (tertiary/aromatic N) is 3. The summed E-state index contributed by atoms with van der Waals surface area (Å²) in [5.74, 6) is -0.666. The average molecular weight is 329 g/mol. The standard InChI is InChI=1S/C17H19N3O2S/c1-3-19-15(21)14(16(22)20(4-2)17(19)23)11-8-12-18-13-9-6-5-7-10-13/h5-7,9-12H,3-4,8H2,1-2H3. The second-order valence-corrected chi connectivity index (χ2v) is 5.25. The summed E-state index contributed by atoms with van der Waals surface area (Å²) >= 11 is 5.21. The first-order valence-electron chi connectivity index (χ1n) is 7.55. The first kappa shape index (κ1) is 17.0. The molecule has 2 amide bonds. The number of hydrogen-bond donors (Lipinski definition) is 0. The van der Waals surface area contributed by atoms with Gasteiger partial charge in [-0.3, -0.25) is 24.4 Å². The largest absolute Gasteiger partial charge is 0.285 e. The van der Waals surface area contributed by atoms with E-state index in [2.05, 4.69) is 4.99 Å². The molecule has 0 radical (unpaired) electrons. The molecule has 0 atom stereocenters. The van der Waals surface area contributed by atoms with E-state index in [1.165, 1.54) is 9.80 Å². The first-order chi connectivity index (χ1) is 11.1. The summed E-state index contributed by atoms with van der Waals surface area (Å²) in [6.07, 6.45) is 3.70. The molecule has 6 heteroatoms.